The van der Waals surface area contributed by atoms with Crippen molar-refractivity contribution in [2.45, 2.75) is 33.9 Å². The largest absolute Gasteiger partial charge is 0.357 e. The fraction of sp³-hybridized carbons (Fsp3) is 0.350. The fourth-order valence-corrected chi connectivity index (χ4v) is 3.36. The molecule has 0 fully saturated rings. The molecule has 0 aromatic carbocycles. The summed E-state index contributed by atoms with van der Waals surface area (Å²) < 4.78 is 3.69. The molecule has 10 heteroatoms. The monoisotopic (exact) mass is 561 g/mol. The topological polar surface area (TPSA) is 72.1 Å². The molecule has 3 rings (SSSR count). The van der Waals surface area contributed by atoms with Crippen molar-refractivity contribution in [2.75, 3.05) is 6.54 Å². The Balaban J connectivity index is 0.00000320. The fourth-order valence-electron chi connectivity index (χ4n) is 2.94. The molecule has 0 bridgehead atoms. The van der Waals surface area contributed by atoms with Crippen LogP contribution in [0, 0.1) is 13.8 Å². The summed E-state index contributed by atoms with van der Waals surface area (Å²) in [5, 5.41) is 12.1. The van der Waals surface area contributed by atoms with E-state index in [9.17, 15) is 0 Å². The second-order valence-electron chi connectivity index (χ2n) is 6.75. The molecule has 0 saturated heterocycles. The van der Waals surface area contributed by atoms with E-state index in [0.717, 1.165) is 35.0 Å². The van der Waals surface area contributed by atoms with E-state index in [1.807, 2.05) is 67.5 Å². The third-order valence-electron chi connectivity index (χ3n) is 4.45. The van der Waals surface area contributed by atoms with Crippen LogP contribution < -0.4 is 10.6 Å². The minimum Gasteiger partial charge on any atom is -0.357 e. The molecule has 0 radical (unpaired) electrons. The maximum absolute atomic E-state index is 6.13. The van der Waals surface area contributed by atoms with E-state index in [4.69, 9.17) is 23.2 Å². The molecule has 3 aromatic rings. The van der Waals surface area contributed by atoms with E-state index in [0.29, 0.717) is 29.2 Å². The second kappa shape index (κ2) is 11.0. The van der Waals surface area contributed by atoms with Crippen LogP contribution in [0.5, 0.6) is 0 Å². The highest BCUT2D eigenvalue weighted by atomic mass is 127. The van der Waals surface area contributed by atoms with Crippen LogP contribution in [0.3, 0.4) is 0 Å². The van der Waals surface area contributed by atoms with Crippen molar-refractivity contribution in [1.82, 2.24) is 30.0 Å². The summed E-state index contributed by atoms with van der Waals surface area (Å²) in [7, 11) is 1.88. The molecular weight excluding hydrogens is 536 g/mol. The molecule has 0 aliphatic heterocycles. The number of nitrogens with zero attached hydrogens (tertiary/aromatic N) is 5. The van der Waals surface area contributed by atoms with Gasteiger partial charge in [0.2, 0.25) is 0 Å². The van der Waals surface area contributed by atoms with Crippen molar-refractivity contribution >= 4 is 53.1 Å². The minimum absolute atomic E-state index is 0. The van der Waals surface area contributed by atoms with Gasteiger partial charge in [0, 0.05) is 31.2 Å². The maximum Gasteiger partial charge on any atom is 0.191 e. The number of pyridine rings is 1. The first-order chi connectivity index (χ1) is 13.9. The van der Waals surface area contributed by atoms with Crippen molar-refractivity contribution < 1.29 is 0 Å². The zero-order valence-electron chi connectivity index (χ0n) is 17.4. The standard InChI is InChI=1S/C20H25Cl2N7.HI/c1-5-23-20(26-12-16-9-17(21)19(22)28(16)4)25-11-15-6-7-18(24-10-15)29-14(3)8-13(2)27-29;/h6-10H,5,11-12H2,1-4H3,(H2,23,25,26);1H. The third-order valence-corrected chi connectivity index (χ3v) is 5.29. The molecule has 162 valence electrons. The van der Waals surface area contributed by atoms with Crippen molar-refractivity contribution in [3.05, 3.63) is 63.3 Å². The van der Waals surface area contributed by atoms with Crippen LogP contribution in [0.2, 0.25) is 10.2 Å². The lowest BCUT2D eigenvalue weighted by Gasteiger charge is -2.12. The van der Waals surface area contributed by atoms with Crippen LogP contribution in [0.1, 0.15) is 29.6 Å². The molecule has 30 heavy (non-hydrogen) atoms. The van der Waals surface area contributed by atoms with Gasteiger partial charge in [-0.15, -0.1) is 24.0 Å². The Hall–Kier alpha value is -1.78. The Morgan fingerprint density at radius 3 is 2.47 bits per heavy atom. The maximum atomic E-state index is 6.13. The van der Waals surface area contributed by atoms with E-state index in [1.165, 1.54) is 0 Å². The molecule has 3 heterocycles. The van der Waals surface area contributed by atoms with Crippen LogP contribution in [0.4, 0.5) is 0 Å². The van der Waals surface area contributed by atoms with Crippen molar-refractivity contribution in [2.24, 2.45) is 12.0 Å². The zero-order valence-corrected chi connectivity index (χ0v) is 21.3. The van der Waals surface area contributed by atoms with Gasteiger partial charge < -0.3 is 15.2 Å². The molecule has 0 amide bonds. The average molecular weight is 562 g/mol. The summed E-state index contributed by atoms with van der Waals surface area (Å²) in [6.07, 6.45) is 1.83. The van der Waals surface area contributed by atoms with E-state index in [2.05, 4.69) is 25.7 Å². The molecule has 0 aliphatic carbocycles. The summed E-state index contributed by atoms with van der Waals surface area (Å²) in [6, 6.07) is 7.85. The van der Waals surface area contributed by atoms with Gasteiger partial charge in [0.15, 0.2) is 11.8 Å². The van der Waals surface area contributed by atoms with E-state index >= 15 is 0 Å². The van der Waals surface area contributed by atoms with Gasteiger partial charge in [0.1, 0.15) is 5.15 Å². The lowest BCUT2D eigenvalue weighted by Crippen LogP contribution is -2.37. The van der Waals surface area contributed by atoms with Crippen LogP contribution in [-0.4, -0.2) is 31.8 Å². The average Bonchev–Trinajstić information content (AvgIpc) is 3.17. The van der Waals surface area contributed by atoms with Crippen LogP contribution >= 0.6 is 47.2 Å². The molecule has 0 spiro atoms. The highest BCUT2D eigenvalue weighted by molar-refractivity contribution is 14.0. The first-order valence-electron chi connectivity index (χ1n) is 9.39. The van der Waals surface area contributed by atoms with Gasteiger partial charge in [0.25, 0.3) is 0 Å². The number of guanidine groups is 1. The smallest absolute Gasteiger partial charge is 0.191 e. The van der Waals surface area contributed by atoms with Crippen molar-refractivity contribution in [3.63, 3.8) is 0 Å². The van der Waals surface area contributed by atoms with Crippen LogP contribution in [-0.2, 0) is 20.1 Å². The molecule has 7 nitrogen and oxygen atoms in total. The van der Waals surface area contributed by atoms with Gasteiger partial charge in [-0.3, -0.25) is 0 Å². The summed E-state index contributed by atoms with van der Waals surface area (Å²) in [5.41, 5.74) is 4.01. The minimum atomic E-state index is 0. The highest BCUT2D eigenvalue weighted by Crippen LogP contribution is 2.24. The predicted octanol–water partition coefficient (Wildman–Crippen LogP) is 4.40. The molecule has 2 N–H and O–H groups in total. The Kier molecular flexibility index (Phi) is 8.99. The summed E-state index contributed by atoms with van der Waals surface area (Å²) >= 11 is 12.2. The number of aliphatic imine (C=N–C) groups is 1. The quantitative estimate of drug-likeness (QED) is 0.266. The Morgan fingerprint density at radius 1 is 1.17 bits per heavy atom. The molecular formula is C20H26Cl2IN7. The van der Waals surface area contributed by atoms with Crippen molar-refractivity contribution in [3.8, 4) is 5.82 Å². The van der Waals surface area contributed by atoms with Gasteiger partial charge in [-0.25, -0.2) is 14.7 Å². The van der Waals surface area contributed by atoms with Gasteiger partial charge >= 0.3 is 0 Å². The Morgan fingerprint density at radius 2 is 1.93 bits per heavy atom. The Bertz CT molecular complexity index is 1010. The first kappa shape index (κ1) is 24.5. The lowest BCUT2D eigenvalue weighted by molar-refractivity contribution is 0.751. The van der Waals surface area contributed by atoms with E-state index in [-0.39, 0.29) is 24.0 Å². The summed E-state index contributed by atoms with van der Waals surface area (Å²) in [6.45, 7) is 7.84. The molecule has 0 saturated carbocycles. The number of halogens is 3. The van der Waals surface area contributed by atoms with Gasteiger partial charge in [-0.05, 0) is 44.5 Å². The zero-order chi connectivity index (χ0) is 21.0. The Labute approximate surface area is 203 Å². The SMILES string of the molecule is CCNC(=NCc1ccc(-n2nc(C)cc2C)nc1)NCc1cc(Cl)c(Cl)n1C.I. The summed E-state index contributed by atoms with van der Waals surface area (Å²) in [5.74, 6) is 1.51. The molecule has 0 atom stereocenters. The number of hydrogen-bond donors (Lipinski definition) is 2. The van der Waals surface area contributed by atoms with Gasteiger partial charge in [0.05, 0.1) is 23.8 Å². The lowest BCUT2D eigenvalue weighted by atomic mass is 10.3. The van der Waals surface area contributed by atoms with E-state index in [1.54, 1.807) is 0 Å². The third kappa shape index (κ3) is 5.89. The predicted molar refractivity (Wildman–Crippen MR) is 133 cm³/mol. The number of nitrogens with one attached hydrogen (secondary N) is 2. The first-order valence-corrected chi connectivity index (χ1v) is 10.1. The molecule has 3 aromatic heterocycles. The number of rotatable bonds is 6. The van der Waals surface area contributed by atoms with Crippen molar-refractivity contribution in [1.29, 1.82) is 0 Å². The number of hydrogen-bond acceptors (Lipinski definition) is 3. The number of aromatic nitrogens is 4. The van der Waals surface area contributed by atoms with Crippen LogP contribution in [0.25, 0.3) is 5.82 Å². The van der Waals surface area contributed by atoms with Gasteiger partial charge in [-0.1, -0.05) is 29.3 Å². The normalized spacial score (nSPS) is 11.3. The van der Waals surface area contributed by atoms with Crippen LogP contribution in [0.15, 0.2) is 35.5 Å². The number of aryl methyl sites for hydroxylation is 2. The highest BCUT2D eigenvalue weighted by Gasteiger charge is 2.09. The molecule has 0 unspecified atom stereocenters. The summed E-state index contributed by atoms with van der Waals surface area (Å²) in [4.78, 5) is 9.16. The molecule has 0 aliphatic rings. The second-order valence-corrected chi connectivity index (χ2v) is 7.51. The van der Waals surface area contributed by atoms with Gasteiger partial charge in [-0.2, -0.15) is 5.10 Å². The van der Waals surface area contributed by atoms with E-state index < -0.39 is 0 Å².